The molecule has 1 unspecified atom stereocenters. The largest absolute Gasteiger partial charge is 0.508 e. The molecule has 270 valence electrons. The highest BCUT2D eigenvalue weighted by molar-refractivity contribution is 5.82. The Bertz CT molecular complexity index is 1560. The van der Waals surface area contributed by atoms with Gasteiger partial charge in [0.15, 0.2) is 0 Å². The number of piperidine rings is 2. The van der Waals surface area contributed by atoms with Gasteiger partial charge in [-0.2, -0.15) is 0 Å². The van der Waals surface area contributed by atoms with Gasteiger partial charge < -0.3 is 29.7 Å². The summed E-state index contributed by atoms with van der Waals surface area (Å²) in [6, 6.07) is 7.62. The van der Waals surface area contributed by atoms with E-state index in [4.69, 9.17) is 9.47 Å². The number of benzene rings is 1. The zero-order chi connectivity index (χ0) is 36.5. The highest BCUT2D eigenvalue weighted by Gasteiger charge is 2.32. The highest BCUT2D eigenvalue weighted by atomic mass is 16.6. The van der Waals surface area contributed by atoms with E-state index in [1.165, 1.54) is 0 Å². The first kappa shape index (κ1) is 38.2. The van der Waals surface area contributed by atoms with Gasteiger partial charge in [0.1, 0.15) is 17.0 Å². The van der Waals surface area contributed by atoms with E-state index >= 15 is 0 Å². The van der Waals surface area contributed by atoms with E-state index in [-0.39, 0.29) is 30.1 Å². The fraction of sp³-hybridized carbons (Fsp3) is 0.564. The Kier molecular flexibility index (Phi) is 12.9. The van der Waals surface area contributed by atoms with Gasteiger partial charge in [0.25, 0.3) is 0 Å². The van der Waals surface area contributed by atoms with E-state index in [9.17, 15) is 24.3 Å². The van der Waals surface area contributed by atoms with E-state index in [0.717, 1.165) is 19.3 Å². The molecule has 3 heterocycles. The standard InChI is InChI=1S/C39H52N4O7/c1-38(2,3)49-35(46)23-33(31-22-29(24-40-25-31)10-9-27-11-14-32(44)15-12-27)41-36(47)30-8-7-19-43(26-30)34(45)16-13-28-17-20-42(21-18-28)37(48)50-39(4,5)6/h11-12,14-15,22,24-25,28,30,33,44H,7-8,13,16-21,23,26H2,1-6H3,(H,41,47)/t30-,33?/m1/s1. The van der Waals surface area contributed by atoms with Crippen molar-refractivity contribution in [2.75, 3.05) is 26.2 Å². The van der Waals surface area contributed by atoms with Gasteiger partial charge in [-0.05, 0) is 115 Å². The molecule has 0 spiro atoms. The van der Waals surface area contributed by atoms with Crippen molar-refractivity contribution in [2.24, 2.45) is 11.8 Å². The lowest BCUT2D eigenvalue weighted by Gasteiger charge is -2.35. The van der Waals surface area contributed by atoms with Crippen LogP contribution < -0.4 is 5.32 Å². The first-order valence-electron chi connectivity index (χ1n) is 17.6. The number of phenols is 1. The number of ether oxygens (including phenoxy) is 2. The zero-order valence-corrected chi connectivity index (χ0v) is 30.3. The van der Waals surface area contributed by atoms with Gasteiger partial charge in [0.05, 0.1) is 18.4 Å². The third kappa shape index (κ3) is 12.4. The number of phenolic OH excluding ortho intramolecular Hbond substituents is 1. The summed E-state index contributed by atoms with van der Waals surface area (Å²) in [7, 11) is 0. The number of amides is 3. The molecular weight excluding hydrogens is 636 g/mol. The number of hydrogen-bond donors (Lipinski definition) is 2. The maximum Gasteiger partial charge on any atom is 0.410 e. The molecule has 11 nitrogen and oxygen atoms in total. The molecule has 11 heteroatoms. The van der Waals surface area contributed by atoms with Gasteiger partial charge in [-0.15, -0.1) is 0 Å². The third-order valence-corrected chi connectivity index (χ3v) is 8.67. The van der Waals surface area contributed by atoms with E-state index in [2.05, 4.69) is 22.1 Å². The van der Waals surface area contributed by atoms with E-state index in [1.807, 2.05) is 20.8 Å². The molecule has 1 aromatic heterocycles. The molecule has 0 radical (unpaired) electrons. The fourth-order valence-electron chi connectivity index (χ4n) is 6.13. The predicted molar refractivity (Wildman–Crippen MR) is 189 cm³/mol. The van der Waals surface area contributed by atoms with Crippen LogP contribution in [0.1, 0.15) is 109 Å². The zero-order valence-electron chi connectivity index (χ0n) is 30.3. The van der Waals surface area contributed by atoms with Crippen molar-refractivity contribution in [3.8, 4) is 17.6 Å². The summed E-state index contributed by atoms with van der Waals surface area (Å²) in [5.74, 6) is 5.53. The number of esters is 1. The Morgan fingerprint density at radius 1 is 0.900 bits per heavy atom. The molecule has 2 aromatic rings. The van der Waals surface area contributed by atoms with Crippen LogP contribution in [-0.2, 0) is 23.9 Å². The fourth-order valence-corrected chi connectivity index (χ4v) is 6.13. The molecule has 50 heavy (non-hydrogen) atoms. The van der Waals surface area contributed by atoms with Gasteiger partial charge in [0, 0.05) is 56.1 Å². The Morgan fingerprint density at radius 2 is 1.56 bits per heavy atom. The van der Waals surface area contributed by atoms with Crippen molar-refractivity contribution in [1.29, 1.82) is 0 Å². The first-order chi connectivity index (χ1) is 23.5. The van der Waals surface area contributed by atoms with Gasteiger partial charge >= 0.3 is 12.1 Å². The second-order valence-corrected chi connectivity index (χ2v) is 15.3. The van der Waals surface area contributed by atoms with Crippen LogP contribution in [0, 0.1) is 23.7 Å². The maximum atomic E-state index is 13.7. The SMILES string of the molecule is CC(C)(C)OC(=O)CC(NC(=O)[C@@H]1CCCN(C(=O)CCC2CCN(C(=O)OC(C)(C)C)CC2)C1)c1cncc(C#Cc2ccc(O)cc2)c1. The number of aromatic nitrogens is 1. The van der Waals surface area contributed by atoms with Crippen LogP contribution in [0.4, 0.5) is 4.79 Å². The Labute approximate surface area is 296 Å². The van der Waals surface area contributed by atoms with E-state index < -0.39 is 29.1 Å². The van der Waals surface area contributed by atoms with Crippen LogP contribution in [0.2, 0.25) is 0 Å². The van der Waals surface area contributed by atoms with Gasteiger partial charge in [0.2, 0.25) is 11.8 Å². The number of nitrogens with one attached hydrogen (secondary N) is 1. The molecular formula is C39H52N4O7. The highest BCUT2D eigenvalue weighted by Crippen LogP contribution is 2.26. The molecule has 2 saturated heterocycles. The number of pyridine rings is 1. The topological polar surface area (TPSA) is 138 Å². The van der Waals surface area contributed by atoms with Crippen molar-refractivity contribution < 1.29 is 33.8 Å². The number of hydrogen-bond acceptors (Lipinski definition) is 8. The minimum absolute atomic E-state index is 0.0338. The summed E-state index contributed by atoms with van der Waals surface area (Å²) in [4.78, 5) is 60.2. The number of aromatic hydroxyl groups is 1. The van der Waals surface area contributed by atoms with Crippen LogP contribution in [-0.4, -0.2) is 81.1 Å². The van der Waals surface area contributed by atoms with Gasteiger partial charge in [-0.3, -0.25) is 19.4 Å². The number of rotatable bonds is 8. The molecule has 3 amide bonds. The van der Waals surface area contributed by atoms with Crippen LogP contribution in [0.15, 0.2) is 42.7 Å². The predicted octanol–water partition coefficient (Wildman–Crippen LogP) is 5.74. The average molecular weight is 689 g/mol. The summed E-state index contributed by atoms with van der Waals surface area (Å²) in [5.41, 5.74) is 0.704. The first-order valence-corrected chi connectivity index (χ1v) is 17.6. The Balaban J connectivity index is 1.36. The van der Waals surface area contributed by atoms with Gasteiger partial charge in [-0.25, -0.2) is 4.79 Å². The van der Waals surface area contributed by atoms with Crippen LogP contribution in [0.5, 0.6) is 5.75 Å². The average Bonchev–Trinajstić information content (AvgIpc) is 3.05. The number of carbonyl (C=O) groups is 4. The van der Waals surface area contributed by atoms with E-state index in [0.29, 0.717) is 68.0 Å². The summed E-state index contributed by atoms with van der Waals surface area (Å²) in [5, 5.41) is 12.6. The smallest absolute Gasteiger partial charge is 0.410 e. The minimum Gasteiger partial charge on any atom is -0.508 e. The minimum atomic E-state index is -0.710. The molecule has 2 aliphatic rings. The third-order valence-electron chi connectivity index (χ3n) is 8.67. The Hall–Kier alpha value is -4.59. The second-order valence-electron chi connectivity index (χ2n) is 15.3. The lowest BCUT2D eigenvalue weighted by atomic mass is 9.91. The van der Waals surface area contributed by atoms with E-state index in [1.54, 1.807) is 73.3 Å². The van der Waals surface area contributed by atoms with Crippen LogP contribution in [0.3, 0.4) is 0 Å². The molecule has 4 rings (SSSR count). The number of nitrogens with zero attached hydrogens (tertiary/aromatic N) is 3. The monoisotopic (exact) mass is 688 g/mol. The number of carbonyl (C=O) groups excluding carboxylic acids is 4. The molecule has 2 aliphatic heterocycles. The summed E-state index contributed by atoms with van der Waals surface area (Å²) < 4.78 is 11.1. The molecule has 0 aliphatic carbocycles. The van der Waals surface area contributed by atoms with Crippen LogP contribution >= 0.6 is 0 Å². The van der Waals surface area contributed by atoms with Crippen LogP contribution in [0.25, 0.3) is 0 Å². The quantitative estimate of drug-likeness (QED) is 0.265. The van der Waals surface area contributed by atoms with Crippen molar-refractivity contribution in [2.45, 2.75) is 104 Å². The van der Waals surface area contributed by atoms with Crippen molar-refractivity contribution in [3.63, 3.8) is 0 Å². The lowest BCUT2D eigenvalue weighted by Crippen LogP contribution is -2.46. The molecule has 0 bridgehead atoms. The summed E-state index contributed by atoms with van der Waals surface area (Å²) in [6.45, 7) is 13.1. The summed E-state index contributed by atoms with van der Waals surface area (Å²) in [6.07, 6.45) is 6.97. The molecule has 2 N–H and O–H groups in total. The Morgan fingerprint density at radius 3 is 2.22 bits per heavy atom. The second kappa shape index (κ2) is 16.9. The summed E-state index contributed by atoms with van der Waals surface area (Å²) >= 11 is 0. The number of likely N-dealkylation sites (tertiary alicyclic amines) is 2. The van der Waals surface area contributed by atoms with Crippen molar-refractivity contribution in [1.82, 2.24) is 20.1 Å². The normalized spacial score (nSPS) is 17.6. The molecule has 0 saturated carbocycles. The molecule has 2 fully saturated rings. The van der Waals surface area contributed by atoms with Gasteiger partial charge in [-0.1, -0.05) is 11.8 Å². The van der Waals surface area contributed by atoms with Crippen molar-refractivity contribution in [3.05, 3.63) is 59.4 Å². The maximum absolute atomic E-state index is 13.7. The lowest BCUT2D eigenvalue weighted by molar-refractivity contribution is -0.155. The molecule has 2 atom stereocenters. The van der Waals surface area contributed by atoms with Crippen molar-refractivity contribution >= 4 is 23.9 Å². The molecule has 1 aromatic carbocycles.